The summed E-state index contributed by atoms with van der Waals surface area (Å²) in [4.78, 5) is 0. The molecule has 2 aromatic carbocycles. The summed E-state index contributed by atoms with van der Waals surface area (Å²) in [6.07, 6.45) is 4.32. The number of phenols is 1. The fraction of sp³-hybridized carbons (Fsp3) is 0.520. The number of rotatable bonds is 7. The van der Waals surface area contributed by atoms with Crippen molar-refractivity contribution in [2.24, 2.45) is 0 Å². The Balaban J connectivity index is 0.000000220. The number of ether oxygens (including phenoxy) is 3. The maximum Gasteiger partial charge on any atom is 0.126 e. The molecule has 0 aromatic heterocycles. The van der Waals surface area contributed by atoms with Crippen LogP contribution in [0.5, 0.6) is 23.0 Å². The van der Waals surface area contributed by atoms with Crippen molar-refractivity contribution in [2.45, 2.75) is 51.6 Å². The summed E-state index contributed by atoms with van der Waals surface area (Å²) in [5.41, 5.74) is 2.44. The molecule has 6 nitrogen and oxygen atoms in total. The lowest BCUT2D eigenvalue weighted by Gasteiger charge is -2.26. The van der Waals surface area contributed by atoms with Gasteiger partial charge in [0.1, 0.15) is 36.2 Å². The number of aromatic hydroxyl groups is 1. The Morgan fingerprint density at radius 2 is 1.41 bits per heavy atom. The van der Waals surface area contributed by atoms with E-state index in [1.165, 1.54) is 11.1 Å². The summed E-state index contributed by atoms with van der Waals surface area (Å²) in [6, 6.07) is 12.2. The van der Waals surface area contributed by atoms with Gasteiger partial charge in [0.25, 0.3) is 0 Å². The van der Waals surface area contributed by atoms with Crippen molar-refractivity contribution in [1.29, 1.82) is 0 Å². The number of benzene rings is 2. The molecule has 2 atom stereocenters. The summed E-state index contributed by atoms with van der Waals surface area (Å²) >= 11 is 0. The van der Waals surface area contributed by atoms with E-state index in [9.17, 15) is 5.11 Å². The molecule has 32 heavy (non-hydrogen) atoms. The molecule has 0 spiro atoms. The maximum absolute atomic E-state index is 9.30. The first kappa shape index (κ1) is 26.3. The molecule has 0 radical (unpaired) electrons. The third kappa shape index (κ3) is 7.57. The normalized spacial score (nSPS) is 18.5. The van der Waals surface area contributed by atoms with Gasteiger partial charge in [-0.25, -0.2) is 0 Å². The lowest BCUT2D eigenvalue weighted by Crippen LogP contribution is -2.39. The Hall–Kier alpha value is -1.96. The zero-order valence-electron chi connectivity index (χ0n) is 19.4. The highest BCUT2D eigenvalue weighted by Crippen LogP contribution is 2.29. The van der Waals surface area contributed by atoms with Crippen LogP contribution in [0.3, 0.4) is 0 Å². The fourth-order valence-corrected chi connectivity index (χ4v) is 3.80. The molecule has 2 aliphatic rings. The Labute approximate surface area is 202 Å². The quantitative estimate of drug-likeness (QED) is 0.518. The summed E-state index contributed by atoms with van der Waals surface area (Å²) in [7, 11) is 1.68. The molecule has 0 saturated carbocycles. The van der Waals surface area contributed by atoms with Gasteiger partial charge in [-0.2, -0.15) is 0 Å². The van der Waals surface area contributed by atoms with Gasteiger partial charge in [0.15, 0.2) is 0 Å². The van der Waals surface area contributed by atoms with Crippen molar-refractivity contribution in [3.8, 4) is 23.0 Å². The van der Waals surface area contributed by atoms with Gasteiger partial charge >= 0.3 is 0 Å². The van der Waals surface area contributed by atoms with E-state index in [0.29, 0.717) is 18.7 Å². The molecule has 2 heterocycles. The van der Waals surface area contributed by atoms with Gasteiger partial charge in [-0.3, -0.25) is 0 Å². The van der Waals surface area contributed by atoms with Gasteiger partial charge in [0, 0.05) is 24.2 Å². The number of methoxy groups -OCH3 is 1. The number of halogens is 1. The Morgan fingerprint density at radius 3 is 1.94 bits per heavy atom. The zero-order valence-corrected chi connectivity index (χ0v) is 21.1. The van der Waals surface area contributed by atoms with Crippen LogP contribution in [-0.4, -0.2) is 50.6 Å². The third-order valence-corrected chi connectivity index (χ3v) is 5.50. The van der Waals surface area contributed by atoms with E-state index in [-0.39, 0.29) is 22.7 Å². The Morgan fingerprint density at radius 1 is 0.875 bits per heavy atom. The second-order valence-electron chi connectivity index (χ2n) is 8.10. The minimum absolute atomic E-state index is 0. The van der Waals surface area contributed by atoms with Gasteiger partial charge in [0.05, 0.1) is 7.11 Å². The van der Waals surface area contributed by atoms with Crippen molar-refractivity contribution < 1.29 is 19.3 Å². The van der Waals surface area contributed by atoms with E-state index in [0.717, 1.165) is 62.6 Å². The minimum Gasteiger partial charge on any atom is -0.508 e. The van der Waals surface area contributed by atoms with Gasteiger partial charge in [0.2, 0.25) is 0 Å². The standard InChI is InChI=1S/C13H19NO2.C12H17NO2.BrH/c1-3-6-14-11-7-10-4-5-12(15-2)8-13(10)16-9-11;1-2-5-13-10-6-9-3-4-11(14)7-12(9)15-8-10;/h4-5,8,11,14H,3,6-7,9H2,1-2H3;3-4,7,10,13-14H,2,5-6,8H2,1H3;1H. The SMILES string of the molecule is Br.CCCNC1COc2cc(O)ccc2C1.CCCNC1COc2cc(OC)ccc2C1. The number of nitrogens with one attached hydrogen (secondary N) is 2. The molecule has 2 aromatic rings. The largest absolute Gasteiger partial charge is 0.508 e. The lowest BCUT2D eigenvalue weighted by atomic mass is 10.0. The molecule has 0 bridgehead atoms. The Bertz CT molecular complexity index is 834. The molecule has 0 fully saturated rings. The second kappa shape index (κ2) is 13.6. The van der Waals surface area contributed by atoms with Crippen LogP contribution in [0.15, 0.2) is 36.4 Å². The number of phenolic OH excluding ortho intramolecular Hbond substituents is 1. The average molecular weight is 509 g/mol. The van der Waals surface area contributed by atoms with Crippen molar-refractivity contribution in [1.82, 2.24) is 10.6 Å². The van der Waals surface area contributed by atoms with Crippen molar-refractivity contribution in [3.05, 3.63) is 47.5 Å². The molecule has 0 amide bonds. The van der Waals surface area contributed by atoms with Crippen LogP contribution in [0.1, 0.15) is 37.8 Å². The monoisotopic (exact) mass is 508 g/mol. The van der Waals surface area contributed by atoms with E-state index in [1.807, 2.05) is 18.2 Å². The lowest BCUT2D eigenvalue weighted by molar-refractivity contribution is 0.238. The van der Waals surface area contributed by atoms with Gasteiger partial charge in [-0.15, -0.1) is 17.0 Å². The first-order valence-corrected chi connectivity index (χ1v) is 11.3. The first-order chi connectivity index (χ1) is 15.1. The van der Waals surface area contributed by atoms with Gasteiger partial charge in [-0.05, 0) is 62.0 Å². The predicted molar refractivity (Wildman–Crippen MR) is 134 cm³/mol. The zero-order chi connectivity index (χ0) is 22.1. The molecule has 7 heteroatoms. The third-order valence-electron chi connectivity index (χ3n) is 5.50. The molecular weight excluding hydrogens is 472 g/mol. The van der Waals surface area contributed by atoms with Crippen LogP contribution in [0.25, 0.3) is 0 Å². The van der Waals surface area contributed by atoms with Gasteiger partial charge in [-0.1, -0.05) is 26.0 Å². The van der Waals surface area contributed by atoms with E-state index < -0.39 is 0 Å². The van der Waals surface area contributed by atoms with E-state index in [1.54, 1.807) is 19.2 Å². The minimum atomic E-state index is 0. The van der Waals surface area contributed by atoms with Crippen LogP contribution < -0.4 is 24.8 Å². The highest BCUT2D eigenvalue weighted by molar-refractivity contribution is 8.93. The number of hydrogen-bond acceptors (Lipinski definition) is 6. The number of hydrogen-bond donors (Lipinski definition) is 3. The van der Waals surface area contributed by atoms with Crippen molar-refractivity contribution in [3.63, 3.8) is 0 Å². The molecular formula is C25H37BrN2O4. The number of fused-ring (bicyclic) bond motifs is 2. The van der Waals surface area contributed by atoms with Crippen molar-refractivity contribution in [2.75, 3.05) is 33.4 Å². The van der Waals surface area contributed by atoms with Crippen LogP contribution in [-0.2, 0) is 12.8 Å². The fourth-order valence-electron chi connectivity index (χ4n) is 3.80. The topological polar surface area (TPSA) is 72.0 Å². The summed E-state index contributed by atoms with van der Waals surface area (Å²) in [5, 5.41) is 16.2. The van der Waals surface area contributed by atoms with Crippen LogP contribution in [0, 0.1) is 0 Å². The van der Waals surface area contributed by atoms with E-state index in [4.69, 9.17) is 14.2 Å². The maximum atomic E-state index is 9.30. The van der Waals surface area contributed by atoms with Crippen LogP contribution in [0.4, 0.5) is 0 Å². The molecule has 0 aliphatic carbocycles. The average Bonchev–Trinajstić information content (AvgIpc) is 2.81. The molecule has 0 saturated heterocycles. The van der Waals surface area contributed by atoms with Gasteiger partial charge < -0.3 is 30.0 Å². The van der Waals surface area contributed by atoms with Crippen LogP contribution in [0.2, 0.25) is 0 Å². The van der Waals surface area contributed by atoms with E-state index >= 15 is 0 Å². The summed E-state index contributed by atoms with van der Waals surface area (Å²) in [6.45, 7) is 7.86. The smallest absolute Gasteiger partial charge is 0.126 e. The molecule has 2 unspecified atom stereocenters. The molecule has 3 N–H and O–H groups in total. The first-order valence-electron chi connectivity index (χ1n) is 11.3. The van der Waals surface area contributed by atoms with Crippen LogP contribution >= 0.6 is 17.0 Å². The highest BCUT2D eigenvalue weighted by atomic mass is 79.9. The second-order valence-corrected chi connectivity index (χ2v) is 8.10. The van der Waals surface area contributed by atoms with Crippen molar-refractivity contribution >= 4 is 17.0 Å². The summed E-state index contributed by atoms with van der Waals surface area (Å²) < 4.78 is 16.5. The molecule has 2 aliphatic heterocycles. The predicted octanol–water partition coefficient (Wildman–Crippen LogP) is 4.27. The summed E-state index contributed by atoms with van der Waals surface area (Å²) in [5.74, 6) is 2.92. The highest BCUT2D eigenvalue weighted by Gasteiger charge is 2.20. The van der Waals surface area contributed by atoms with E-state index in [2.05, 4.69) is 30.5 Å². The molecule has 4 rings (SSSR count). The molecule has 178 valence electrons. The Kier molecular flexibility index (Phi) is 11.1.